The standard InChI is InChI=1S/C16H12BrClN2O3/c17-10-5-6-14(11(18)7-10)23-9-16(22)20-8-15(21)19-12-3-1-2-4-13(12)20/h1-7H,8-9H2,(H,19,21). The van der Waals surface area contributed by atoms with Crippen molar-refractivity contribution in [2.75, 3.05) is 23.4 Å². The topological polar surface area (TPSA) is 58.6 Å². The molecule has 118 valence electrons. The summed E-state index contributed by atoms with van der Waals surface area (Å²) in [5.41, 5.74) is 1.27. The number of benzene rings is 2. The molecule has 1 aliphatic heterocycles. The second kappa shape index (κ2) is 6.60. The van der Waals surface area contributed by atoms with Gasteiger partial charge in [-0.2, -0.15) is 0 Å². The number of hydrogen-bond acceptors (Lipinski definition) is 3. The van der Waals surface area contributed by atoms with Crippen LogP contribution in [0.1, 0.15) is 0 Å². The fraction of sp³-hybridized carbons (Fsp3) is 0.125. The van der Waals surface area contributed by atoms with Crippen molar-refractivity contribution in [2.24, 2.45) is 0 Å². The smallest absolute Gasteiger partial charge is 0.265 e. The van der Waals surface area contributed by atoms with Crippen molar-refractivity contribution in [1.29, 1.82) is 0 Å². The first-order chi connectivity index (χ1) is 11.0. The first-order valence-electron chi connectivity index (χ1n) is 6.81. The molecule has 2 aromatic rings. The van der Waals surface area contributed by atoms with Crippen molar-refractivity contribution in [3.8, 4) is 5.75 Å². The summed E-state index contributed by atoms with van der Waals surface area (Å²) in [6.45, 7) is -0.240. The molecule has 7 heteroatoms. The summed E-state index contributed by atoms with van der Waals surface area (Å²) >= 11 is 9.36. The van der Waals surface area contributed by atoms with E-state index in [9.17, 15) is 9.59 Å². The number of halogens is 2. The third-order valence-electron chi connectivity index (χ3n) is 3.32. The molecule has 0 aromatic heterocycles. The fourth-order valence-electron chi connectivity index (χ4n) is 2.27. The Kier molecular flexibility index (Phi) is 4.54. The zero-order valence-electron chi connectivity index (χ0n) is 11.9. The number of nitrogens with zero attached hydrogens (tertiary/aromatic N) is 1. The molecule has 0 radical (unpaired) electrons. The minimum atomic E-state index is -0.314. The van der Waals surface area contributed by atoms with Crippen LogP contribution in [0.3, 0.4) is 0 Å². The van der Waals surface area contributed by atoms with Gasteiger partial charge in [-0.1, -0.05) is 39.7 Å². The third kappa shape index (κ3) is 3.48. The third-order valence-corrected chi connectivity index (χ3v) is 4.11. The van der Waals surface area contributed by atoms with Gasteiger partial charge in [0.05, 0.1) is 16.4 Å². The number of anilines is 2. The van der Waals surface area contributed by atoms with Gasteiger partial charge in [-0.3, -0.25) is 14.5 Å². The molecule has 5 nitrogen and oxygen atoms in total. The molecule has 0 atom stereocenters. The highest BCUT2D eigenvalue weighted by Gasteiger charge is 2.26. The second-order valence-electron chi connectivity index (χ2n) is 4.91. The summed E-state index contributed by atoms with van der Waals surface area (Å²) in [6, 6.07) is 12.3. The predicted octanol–water partition coefficient (Wildman–Crippen LogP) is 3.47. The van der Waals surface area contributed by atoms with E-state index in [4.69, 9.17) is 16.3 Å². The van der Waals surface area contributed by atoms with E-state index >= 15 is 0 Å². The molecule has 0 unspecified atom stereocenters. The number of carbonyl (C=O) groups excluding carboxylic acids is 2. The Labute approximate surface area is 146 Å². The molecule has 23 heavy (non-hydrogen) atoms. The van der Waals surface area contributed by atoms with E-state index in [2.05, 4.69) is 21.2 Å². The van der Waals surface area contributed by atoms with Crippen molar-refractivity contribution in [3.05, 3.63) is 52.0 Å². The van der Waals surface area contributed by atoms with Crippen LogP contribution in [-0.2, 0) is 9.59 Å². The lowest BCUT2D eigenvalue weighted by Gasteiger charge is -2.29. The molecule has 0 spiro atoms. The van der Waals surface area contributed by atoms with E-state index in [1.165, 1.54) is 4.90 Å². The molecular weight excluding hydrogens is 384 g/mol. The van der Waals surface area contributed by atoms with Gasteiger partial charge in [0, 0.05) is 4.47 Å². The van der Waals surface area contributed by atoms with E-state index in [1.54, 1.807) is 36.4 Å². The number of fused-ring (bicyclic) bond motifs is 1. The van der Waals surface area contributed by atoms with E-state index < -0.39 is 0 Å². The van der Waals surface area contributed by atoms with Crippen LogP contribution in [0.2, 0.25) is 5.02 Å². The highest BCUT2D eigenvalue weighted by atomic mass is 79.9. The van der Waals surface area contributed by atoms with Crippen molar-refractivity contribution in [1.82, 2.24) is 0 Å². The second-order valence-corrected chi connectivity index (χ2v) is 6.23. The Morgan fingerprint density at radius 2 is 2.09 bits per heavy atom. The van der Waals surface area contributed by atoms with Crippen molar-refractivity contribution >= 4 is 50.7 Å². The van der Waals surface area contributed by atoms with E-state index in [0.29, 0.717) is 22.1 Å². The minimum Gasteiger partial charge on any atom is -0.482 e. The van der Waals surface area contributed by atoms with Gasteiger partial charge >= 0.3 is 0 Å². The first-order valence-corrected chi connectivity index (χ1v) is 7.99. The van der Waals surface area contributed by atoms with Gasteiger partial charge in [0.25, 0.3) is 5.91 Å². The van der Waals surface area contributed by atoms with Gasteiger partial charge in [0.15, 0.2) is 6.61 Å². The lowest BCUT2D eigenvalue weighted by Crippen LogP contribution is -2.44. The van der Waals surface area contributed by atoms with Crippen LogP contribution < -0.4 is 15.0 Å². The monoisotopic (exact) mass is 394 g/mol. The molecule has 2 amide bonds. The van der Waals surface area contributed by atoms with Gasteiger partial charge in [0.1, 0.15) is 12.3 Å². The van der Waals surface area contributed by atoms with Crippen LogP contribution in [-0.4, -0.2) is 25.0 Å². The molecule has 1 heterocycles. The molecule has 0 saturated carbocycles. The number of hydrogen-bond donors (Lipinski definition) is 1. The van der Waals surface area contributed by atoms with Gasteiger partial charge in [-0.05, 0) is 30.3 Å². The van der Waals surface area contributed by atoms with Gasteiger partial charge in [-0.25, -0.2) is 0 Å². The average Bonchev–Trinajstić information content (AvgIpc) is 2.53. The fourth-order valence-corrected chi connectivity index (χ4v) is 2.99. The van der Waals surface area contributed by atoms with Gasteiger partial charge < -0.3 is 10.1 Å². The number of ether oxygens (including phenoxy) is 1. The molecule has 2 aromatic carbocycles. The molecule has 0 bridgehead atoms. The normalized spacial score (nSPS) is 13.3. The van der Waals surface area contributed by atoms with Crippen LogP contribution in [0.5, 0.6) is 5.75 Å². The lowest BCUT2D eigenvalue weighted by atomic mass is 10.2. The van der Waals surface area contributed by atoms with Crippen LogP contribution in [0.4, 0.5) is 11.4 Å². The van der Waals surface area contributed by atoms with E-state index in [0.717, 1.165) is 4.47 Å². The summed E-state index contributed by atoms with van der Waals surface area (Å²) < 4.78 is 6.30. The quantitative estimate of drug-likeness (QED) is 0.866. The Morgan fingerprint density at radius 1 is 1.30 bits per heavy atom. The molecular formula is C16H12BrClN2O3. The molecule has 0 saturated heterocycles. The summed E-state index contributed by atoms with van der Waals surface area (Å²) in [4.78, 5) is 25.6. The summed E-state index contributed by atoms with van der Waals surface area (Å²) in [5.74, 6) is -0.136. The average molecular weight is 396 g/mol. The van der Waals surface area contributed by atoms with Crippen molar-refractivity contribution in [3.63, 3.8) is 0 Å². The largest absolute Gasteiger partial charge is 0.482 e. The maximum absolute atomic E-state index is 12.4. The molecule has 0 fully saturated rings. The Hall–Kier alpha value is -2.05. The van der Waals surface area contributed by atoms with Crippen molar-refractivity contribution < 1.29 is 14.3 Å². The lowest BCUT2D eigenvalue weighted by molar-refractivity contribution is -0.123. The van der Waals surface area contributed by atoms with Crippen LogP contribution in [0.25, 0.3) is 0 Å². The minimum absolute atomic E-state index is 0.0344. The maximum Gasteiger partial charge on any atom is 0.265 e. The first kappa shape index (κ1) is 15.8. The van der Waals surface area contributed by atoms with Crippen LogP contribution in [0, 0.1) is 0 Å². The predicted molar refractivity (Wildman–Crippen MR) is 92.1 cm³/mol. The van der Waals surface area contributed by atoms with Crippen molar-refractivity contribution in [2.45, 2.75) is 0 Å². The highest BCUT2D eigenvalue weighted by molar-refractivity contribution is 9.10. The Morgan fingerprint density at radius 3 is 2.87 bits per heavy atom. The number of nitrogens with one attached hydrogen (secondary N) is 1. The van der Waals surface area contributed by atoms with Gasteiger partial charge in [0.2, 0.25) is 5.91 Å². The number of rotatable bonds is 3. The molecule has 0 aliphatic carbocycles. The van der Waals surface area contributed by atoms with Crippen LogP contribution in [0.15, 0.2) is 46.9 Å². The highest BCUT2D eigenvalue weighted by Crippen LogP contribution is 2.30. The Bertz CT molecular complexity index is 782. The van der Waals surface area contributed by atoms with E-state index in [1.807, 2.05) is 6.07 Å². The van der Waals surface area contributed by atoms with Gasteiger partial charge in [-0.15, -0.1) is 0 Å². The number of carbonyl (C=O) groups is 2. The maximum atomic E-state index is 12.4. The van der Waals surface area contributed by atoms with E-state index in [-0.39, 0.29) is 25.0 Å². The molecule has 1 N–H and O–H groups in total. The summed E-state index contributed by atoms with van der Waals surface area (Å²) in [6.07, 6.45) is 0. The Balaban J connectivity index is 1.75. The molecule has 3 rings (SSSR count). The number of amides is 2. The number of para-hydroxylation sites is 2. The zero-order valence-corrected chi connectivity index (χ0v) is 14.2. The SMILES string of the molecule is O=C1CN(C(=O)COc2ccc(Br)cc2Cl)c2ccccc2N1. The summed E-state index contributed by atoms with van der Waals surface area (Å²) in [7, 11) is 0. The zero-order chi connectivity index (χ0) is 16.4. The van der Waals surface area contributed by atoms with Crippen LogP contribution >= 0.6 is 27.5 Å². The molecule has 1 aliphatic rings. The summed E-state index contributed by atoms with van der Waals surface area (Å²) in [5, 5.41) is 3.14.